The van der Waals surface area contributed by atoms with Crippen molar-refractivity contribution >= 4 is 16.9 Å². The zero-order valence-electron chi connectivity index (χ0n) is 19.8. The maximum Gasteiger partial charge on any atom is 0.281 e. The summed E-state index contributed by atoms with van der Waals surface area (Å²) in [5.41, 5.74) is 2.23. The molecule has 5 aromatic rings. The smallest absolute Gasteiger partial charge is 0.281 e. The number of aryl methyl sites for hydroxylation is 1. The summed E-state index contributed by atoms with van der Waals surface area (Å²) in [7, 11) is 0. The molecule has 1 fully saturated rings. The van der Waals surface area contributed by atoms with Crippen molar-refractivity contribution in [3.63, 3.8) is 0 Å². The molecule has 0 amide bonds. The van der Waals surface area contributed by atoms with Gasteiger partial charge in [-0.15, -0.1) is 5.10 Å². The maximum absolute atomic E-state index is 13.8. The van der Waals surface area contributed by atoms with Crippen molar-refractivity contribution in [1.29, 1.82) is 0 Å². The zero-order valence-corrected chi connectivity index (χ0v) is 19.8. The highest BCUT2D eigenvalue weighted by atomic mass is 16.5. The van der Waals surface area contributed by atoms with E-state index in [9.17, 15) is 4.79 Å². The minimum Gasteiger partial charge on any atom is -0.486 e. The van der Waals surface area contributed by atoms with Crippen molar-refractivity contribution in [3.05, 3.63) is 88.2 Å². The highest BCUT2D eigenvalue weighted by molar-refractivity contribution is 5.74. The Kier molecular flexibility index (Phi) is 5.56. The molecule has 1 aliphatic carbocycles. The Morgan fingerprint density at radius 3 is 2.37 bits per heavy atom. The Bertz CT molecular complexity index is 1530. The Morgan fingerprint density at radius 2 is 1.66 bits per heavy atom. The minimum absolute atomic E-state index is 0.0781. The molecule has 178 valence electrons. The molecule has 0 saturated heterocycles. The lowest BCUT2D eigenvalue weighted by Gasteiger charge is -2.13. The third-order valence-corrected chi connectivity index (χ3v) is 6.83. The number of nitrogens with zero attached hydrogens (tertiary/aromatic N) is 6. The number of hydrogen-bond acceptors (Lipinski definition) is 5. The third kappa shape index (κ3) is 3.88. The van der Waals surface area contributed by atoms with Gasteiger partial charge in [-0.25, -0.2) is 4.98 Å². The molecular formula is C27H28N6O2. The number of fused-ring (bicyclic) bond motifs is 3. The lowest BCUT2D eigenvalue weighted by Crippen LogP contribution is -2.25. The standard InChI is InChI=1S/C27H28N6O2/c1-2-31-26(34)23-25(33-27(31)28-22(30-33)18-35-21-15-7-4-8-16-21)29-24(20-13-9-10-14-20)32(23)17-19-11-5-3-6-12-19/h3-8,11-12,15-16,20H,2,9-10,13-14,17-18H2,1H3. The van der Waals surface area contributed by atoms with Crippen LogP contribution >= 0.6 is 0 Å². The summed E-state index contributed by atoms with van der Waals surface area (Å²) in [6, 6.07) is 19.8. The molecule has 0 radical (unpaired) electrons. The van der Waals surface area contributed by atoms with Crippen LogP contribution in [0.4, 0.5) is 0 Å². The van der Waals surface area contributed by atoms with Crippen LogP contribution in [0.25, 0.3) is 16.9 Å². The monoisotopic (exact) mass is 468 g/mol. The lowest BCUT2D eigenvalue weighted by molar-refractivity contribution is 0.296. The summed E-state index contributed by atoms with van der Waals surface area (Å²) in [4.78, 5) is 23.5. The Labute approximate surface area is 202 Å². The second-order valence-corrected chi connectivity index (χ2v) is 9.09. The minimum atomic E-state index is -0.0781. The number of aromatic nitrogens is 6. The van der Waals surface area contributed by atoms with Crippen molar-refractivity contribution < 1.29 is 4.74 Å². The number of rotatable bonds is 7. The molecule has 3 heterocycles. The average molecular weight is 469 g/mol. The van der Waals surface area contributed by atoms with Gasteiger partial charge >= 0.3 is 0 Å². The van der Waals surface area contributed by atoms with Gasteiger partial charge in [-0.3, -0.25) is 9.36 Å². The van der Waals surface area contributed by atoms with Crippen molar-refractivity contribution in [1.82, 2.24) is 28.7 Å². The van der Waals surface area contributed by atoms with E-state index in [0.717, 1.165) is 30.0 Å². The van der Waals surface area contributed by atoms with Gasteiger partial charge in [0, 0.05) is 19.0 Å². The Hall–Kier alpha value is -3.94. The van der Waals surface area contributed by atoms with Crippen LogP contribution in [0.5, 0.6) is 5.75 Å². The van der Waals surface area contributed by atoms with Gasteiger partial charge in [0.05, 0.1) is 0 Å². The molecule has 8 nitrogen and oxygen atoms in total. The highest BCUT2D eigenvalue weighted by Crippen LogP contribution is 2.35. The zero-order chi connectivity index (χ0) is 23.8. The SMILES string of the molecule is CCn1c(=O)c2c(nc(C3CCCC3)n2Cc2ccccc2)n2nc(COc3ccccc3)nc12. The molecule has 2 aromatic carbocycles. The molecule has 1 aliphatic rings. The summed E-state index contributed by atoms with van der Waals surface area (Å²) < 4.78 is 11.4. The van der Waals surface area contributed by atoms with E-state index < -0.39 is 0 Å². The van der Waals surface area contributed by atoms with E-state index in [1.165, 1.54) is 12.8 Å². The van der Waals surface area contributed by atoms with E-state index in [-0.39, 0.29) is 12.2 Å². The quantitative estimate of drug-likeness (QED) is 0.350. The average Bonchev–Trinajstić information content (AvgIpc) is 3.63. The van der Waals surface area contributed by atoms with Crippen LogP contribution in [0, 0.1) is 0 Å². The fraction of sp³-hybridized carbons (Fsp3) is 0.333. The summed E-state index contributed by atoms with van der Waals surface area (Å²) in [5.74, 6) is 3.09. The number of para-hydroxylation sites is 1. The van der Waals surface area contributed by atoms with E-state index in [1.807, 2.05) is 55.5 Å². The van der Waals surface area contributed by atoms with Crippen molar-refractivity contribution in [2.24, 2.45) is 0 Å². The number of imidazole rings is 1. The van der Waals surface area contributed by atoms with E-state index in [1.54, 1.807) is 9.08 Å². The number of hydrogen-bond donors (Lipinski definition) is 0. The molecule has 8 heteroatoms. The molecule has 35 heavy (non-hydrogen) atoms. The van der Waals surface area contributed by atoms with Crippen molar-refractivity contribution in [2.75, 3.05) is 0 Å². The van der Waals surface area contributed by atoms with Gasteiger partial charge < -0.3 is 9.30 Å². The fourth-order valence-corrected chi connectivity index (χ4v) is 5.13. The first-order valence-electron chi connectivity index (χ1n) is 12.3. The highest BCUT2D eigenvalue weighted by Gasteiger charge is 2.28. The van der Waals surface area contributed by atoms with Crippen LogP contribution in [0.3, 0.4) is 0 Å². The summed E-state index contributed by atoms with van der Waals surface area (Å²) in [6.45, 7) is 3.26. The Balaban J connectivity index is 1.52. The second-order valence-electron chi connectivity index (χ2n) is 9.09. The first-order valence-corrected chi connectivity index (χ1v) is 12.3. The largest absolute Gasteiger partial charge is 0.486 e. The molecule has 0 spiro atoms. The molecule has 0 unspecified atom stereocenters. The first kappa shape index (κ1) is 21.6. The molecular weight excluding hydrogens is 440 g/mol. The van der Waals surface area contributed by atoms with Gasteiger partial charge in [-0.1, -0.05) is 61.4 Å². The van der Waals surface area contributed by atoms with Crippen LogP contribution in [0.2, 0.25) is 0 Å². The van der Waals surface area contributed by atoms with Crippen molar-refractivity contribution in [3.8, 4) is 5.75 Å². The Morgan fingerprint density at radius 1 is 0.943 bits per heavy atom. The van der Waals surface area contributed by atoms with Crippen LogP contribution in [0.15, 0.2) is 65.5 Å². The van der Waals surface area contributed by atoms with Crippen molar-refractivity contribution in [2.45, 2.75) is 58.2 Å². The summed E-state index contributed by atoms with van der Waals surface area (Å²) in [5, 5.41) is 4.74. The van der Waals surface area contributed by atoms with E-state index in [4.69, 9.17) is 14.8 Å². The van der Waals surface area contributed by atoms with Gasteiger partial charge in [0.1, 0.15) is 18.2 Å². The molecule has 0 atom stereocenters. The topological polar surface area (TPSA) is 79.2 Å². The van der Waals surface area contributed by atoms with Crippen LogP contribution in [-0.2, 0) is 19.7 Å². The van der Waals surface area contributed by atoms with Crippen LogP contribution < -0.4 is 10.3 Å². The van der Waals surface area contributed by atoms with E-state index in [2.05, 4.69) is 21.7 Å². The molecule has 0 aliphatic heterocycles. The van der Waals surface area contributed by atoms with Gasteiger partial charge in [-0.2, -0.15) is 9.50 Å². The summed E-state index contributed by atoms with van der Waals surface area (Å²) in [6.07, 6.45) is 4.57. The first-order chi connectivity index (χ1) is 17.2. The van der Waals surface area contributed by atoms with Gasteiger partial charge in [0.15, 0.2) is 17.0 Å². The normalized spacial score (nSPS) is 14.3. The predicted molar refractivity (Wildman–Crippen MR) is 134 cm³/mol. The van der Waals surface area contributed by atoms with E-state index in [0.29, 0.717) is 41.8 Å². The van der Waals surface area contributed by atoms with E-state index >= 15 is 0 Å². The summed E-state index contributed by atoms with van der Waals surface area (Å²) >= 11 is 0. The van der Waals surface area contributed by atoms with Gasteiger partial charge in [-0.05, 0) is 37.5 Å². The third-order valence-electron chi connectivity index (χ3n) is 6.83. The lowest BCUT2D eigenvalue weighted by atomic mass is 10.1. The molecule has 0 bridgehead atoms. The van der Waals surface area contributed by atoms with Gasteiger partial charge in [0.25, 0.3) is 5.56 Å². The molecule has 3 aromatic heterocycles. The van der Waals surface area contributed by atoms with Gasteiger partial charge in [0.2, 0.25) is 5.78 Å². The maximum atomic E-state index is 13.8. The van der Waals surface area contributed by atoms with Crippen LogP contribution in [0.1, 0.15) is 55.7 Å². The molecule has 6 rings (SSSR count). The second kappa shape index (κ2) is 9.02. The van der Waals surface area contributed by atoms with Crippen LogP contribution in [-0.4, -0.2) is 28.7 Å². The molecule has 1 saturated carbocycles. The molecule has 0 N–H and O–H groups in total. The fourth-order valence-electron chi connectivity index (χ4n) is 5.13. The predicted octanol–water partition coefficient (Wildman–Crippen LogP) is 4.55. The number of ether oxygens (including phenoxy) is 1. The number of benzene rings is 2.